The summed E-state index contributed by atoms with van der Waals surface area (Å²) in [4.78, 5) is 32.3. The van der Waals surface area contributed by atoms with Crippen molar-refractivity contribution in [1.29, 1.82) is 0 Å². The molecule has 9 nitrogen and oxygen atoms in total. The lowest BCUT2D eigenvalue weighted by Crippen LogP contribution is -2.51. The van der Waals surface area contributed by atoms with Gasteiger partial charge in [-0.25, -0.2) is 9.67 Å². The highest BCUT2D eigenvalue weighted by Gasteiger charge is 2.48. The van der Waals surface area contributed by atoms with Crippen LogP contribution in [0.1, 0.15) is 38.2 Å². The average molecular weight is 575 g/mol. The summed E-state index contributed by atoms with van der Waals surface area (Å²) in [5.41, 5.74) is -1.59. The van der Waals surface area contributed by atoms with Gasteiger partial charge < -0.3 is 10.0 Å². The Morgan fingerprint density at radius 2 is 1.82 bits per heavy atom. The summed E-state index contributed by atoms with van der Waals surface area (Å²) in [7, 11) is 0. The Hall–Kier alpha value is -3.64. The van der Waals surface area contributed by atoms with E-state index in [0.29, 0.717) is 37.3 Å². The number of aliphatic hydroxyl groups is 1. The number of aromatic nitrogens is 5. The van der Waals surface area contributed by atoms with Crippen molar-refractivity contribution in [2.45, 2.75) is 50.9 Å². The minimum absolute atomic E-state index is 0.0210. The van der Waals surface area contributed by atoms with Gasteiger partial charge in [-0.05, 0) is 49.9 Å². The first-order valence-corrected chi connectivity index (χ1v) is 13.3. The van der Waals surface area contributed by atoms with Gasteiger partial charge in [-0.15, -0.1) is 0 Å². The summed E-state index contributed by atoms with van der Waals surface area (Å²) in [5.74, 6) is 0.128. The molecule has 1 amide bonds. The van der Waals surface area contributed by atoms with E-state index >= 15 is 0 Å². The molecule has 1 aliphatic heterocycles. The molecule has 210 valence electrons. The topological polar surface area (TPSA) is 98.2 Å². The minimum atomic E-state index is -4.52. The van der Waals surface area contributed by atoms with Gasteiger partial charge in [0.2, 0.25) is 5.91 Å². The number of alkyl halides is 3. The molecule has 0 spiro atoms. The Balaban J connectivity index is 1.26. The maximum atomic E-state index is 13.4. The highest BCUT2D eigenvalue weighted by Crippen LogP contribution is 2.47. The van der Waals surface area contributed by atoms with Crippen LogP contribution in [0.2, 0.25) is 5.15 Å². The lowest BCUT2D eigenvalue weighted by molar-refractivity contribution is -0.141. The van der Waals surface area contributed by atoms with Crippen LogP contribution in [-0.2, 0) is 17.5 Å². The van der Waals surface area contributed by atoms with Gasteiger partial charge in [0.25, 0.3) is 5.56 Å². The van der Waals surface area contributed by atoms with E-state index < -0.39 is 17.3 Å². The molecule has 0 radical (unpaired) electrons. The SMILES string of the molecule is CC1(C(=O)N2CCC(O)(Cn3cnc4c(cc(Cl)n4-c4cccc(-n5cc(C(F)(F)F)cn5)c4)c3=O)CC2)CC1. The number of halogens is 4. The third-order valence-corrected chi connectivity index (χ3v) is 8.24. The number of fused-ring (bicyclic) bond motifs is 1. The van der Waals surface area contributed by atoms with Crippen molar-refractivity contribution in [3.05, 3.63) is 70.1 Å². The molecule has 0 atom stereocenters. The molecule has 1 N–H and O–H groups in total. The summed E-state index contributed by atoms with van der Waals surface area (Å²) in [5, 5.41) is 15.5. The Labute approximate surface area is 231 Å². The van der Waals surface area contributed by atoms with E-state index in [9.17, 15) is 27.9 Å². The standard InChI is InChI=1S/C27H26ClF3N6O3/c1-25(5-6-25)24(39)34-9-7-26(40,8-10-34)15-35-16-32-22-20(23(35)38)12-21(28)37(22)19-4-2-3-18(11-19)36-14-17(13-33-36)27(29,30)31/h2-4,11-14,16,40H,5-10,15H2,1H3. The number of hydrogen-bond acceptors (Lipinski definition) is 5. The monoisotopic (exact) mass is 574 g/mol. The quantitative estimate of drug-likeness (QED) is 0.385. The number of amides is 1. The van der Waals surface area contributed by atoms with E-state index in [1.165, 1.54) is 21.5 Å². The van der Waals surface area contributed by atoms with E-state index in [4.69, 9.17) is 11.6 Å². The minimum Gasteiger partial charge on any atom is -0.388 e. The van der Waals surface area contributed by atoms with Gasteiger partial charge in [-0.2, -0.15) is 18.3 Å². The van der Waals surface area contributed by atoms with Gasteiger partial charge in [0.15, 0.2) is 5.65 Å². The highest BCUT2D eigenvalue weighted by molar-refractivity contribution is 6.31. The third kappa shape index (κ3) is 4.68. The molecule has 2 fully saturated rings. The van der Waals surface area contributed by atoms with Crippen LogP contribution in [0.3, 0.4) is 0 Å². The molecular weight excluding hydrogens is 549 g/mol. The zero-order chi connectivity index (χ0) is 28.4. The Kier molecular flexibility index (Phi) is 6.11. The molecule has 6 rings (SSSR count). The second kappa shape index (κ2) is 9.20. The number of piperidine rings is 1. The summed E-state index contributed by atoms with van der Waals surface area (Å²) in [6.07, 6.45) is 0.946. The number of likely N-dealkylation sites (tertiary alicyclic amines) is 1. The van der Waals surface area contributed by atoms with Crippen molar-refractivity contribution >= 4 is 28.5 Å². The maximum Gasteiger partial charge on any atom is 0.419 e. The van der Waals surface area contributed by atoms with Crippen molar-refractivity contribution < 1.29 is 23.1 Å². The normalized spacial score (nSPS) is 18.3. The largest absolute Gasteiger partial charge is 0.419 e. The van der Waals surface area contributed by atoms with Crippen molar-refractivity contribution in [2.24, 2.45) is 5.41 Å². The van der Waals surface area contributed by atoms with E-state index in [1.807, 2.05) is 6.92 Å². The summed E-state index contributed by atoms with van der Waals surface area (Å²) in [6, 6.07) is 7.99. The fourth-order valence-electron chi connectivity index (χ4n) is 5.21. The van der Waals surface area contributed by atoms with Crippen molar-refractivity contribution in [3.63, 3.8) is 0 Å². The number of nitrogens with zero attached hydrogens (tertiary/aromatic N) is 6. The van der Waals surface area contributed by atoms with Crippen molar-refractivity contribution in [2.75, 3.05) is 13.1 Å². The zero-order valence-electron chi connectivity index (χ0n) is 21.5. The molecule has 13 heteroatoms. The molecule has 1 aromatic carbocycles. The predicted molar refractivity (Wildman–Crippen MR) is 141 cm³/mol. The van der Waals surface area contributed by atoms with Crippen LogP contribution in [0.25, 0.3) is 22.4 Å². The molecule has 0 bridgehead atoms. The van der Waals surface area contributed by atoms with Crippen LogP contribution in [-0.4, -0.2) is 58.5 Å². The molecule has 1 saturated carbocycles. The third-order valence-electron chi connectivity index (χ3n) is 7.97. The van der Waals surface area contributed by atoms with Gasteiger partial charge in [-0.3, -0.25) is 18.7 Å². The Morgan fingerprint density at radius 3 is 2.48 bits per heavy atom. The second-order valence-corrected chi connectivity index (χ2v) is 11.4. The summed E-state index contributed by atoms with van der Waals surface area (Å²) in [6.45, 7) is 2.83. The van der Waals surface area contributed by atoms with Gasteiger partial charge in [0.1, 0.15) is 11.5 Å². The first-order valence-electron chi connectivity index (χ1n) is 12.9. The molecule has 4 heterocycles. The van der Waals surface area contributed by atoms with Crippen LogP contribution in [0.15, 0.2) is 53.8 Å². The van der Waals surface area contributed by atoms with Crippen molar-refractivity contribution in [1.82, 2.24) is 28.8 Å². The van der Waals surface area contributed by atoms with Crippen molar-refractivity contribution in [3.8, 4) is 11.4 Å². The zero-order valence-corrected chi connectivity index (χ0v) is 22.3. The molecule has 2 aliphatic rings. The fourth-order valence-corrected chi connectivity index (χ4v) is 5.50. The first kappa shape index (κ1) is 26.6. The van der Waals surface area contributed by atoms with Crippen LogP contribution < -0.4 is 5.56 Å². The van der Waals surface area contributed by atoms with E-state index in [2.05, 4.69) is 10.1 Å². The van der Waals surface area contributed by atoms with Gasteiger partial charge in [0.05, 0.1) is 40.7 Å². The average Bonchev–Trinajstić information content (AvgIpc) is 3.32. The number of hydrogen-bond donors (Lipinski definition) is 1. The Bertz CT molecular complexity index is 1680. The van der Waals surface area contributed by atoms with Gasteiger partial charge in [0, 0.05) is 24.7 Å². The number of carbonyl (C=O) groups excluding carboxylic acids is 1. The lowest BCUT2D eigenvalue weighted by atomic mass is 9.90. The molecule has 1 saturated heterocycles. The molecule has 4 aromatic rings. The lowest BCUT2D eigenvalue weighted by Gasteiger charge is -2.39. The summed E-state index contributed by atoms with van der Waals surface area (Å²) < 4.78 is 43.1. The van der Waals surface area contributed by atoms with E-state index in [0.717, 1.165) is 29.9 Å². The molecule has 0 unspecified atom stereocenters. The molecular formula is C27H26ClF3N6O3. The van der Waals surface area contributed by atoms with E-state index in [-0.39, 0.29) is 39.6 Å². The van der Waals surface area contributed by atoms with E-state index in [1.54, 1.807) is 29.2 Å². The van der Waals surface area contributed by atoms with Crippen LogP contribution in [0.4, 0.5) is 13.2 Å². The molecule has 40 heavy (non-hydrogen) atoms. The van der Waals surface area contributed by atoms with Crippen LogP contribution in [0.5, 0.6) is 0 Å². The molecule has 1 aliphatic carbocycles. The maximum absolute atomic E-state index is 13.4. The smallest absolute Gasteiger partial charge is 0.388 e. The number of carbonyl (C=O) groups is 1. The fraction of sp³-hybridized carbons (Fsp3) is 0.407. The van der Waals surface area contributed by atoms with Crippen LogP contribution >= 0.6 is 11.6 Å². The number of rotatable bonds is 5. The first-order chi connectivity index (χ1) is 18.9. The predicted octanol–water partition coefficient (Wildman–Crippen LogP) is 4.20. The second-order valence-electron chi connectivity index (χ2n) is 11.0. The van der Waals surface area contributed by atoms with Gasteiger partial charge >= 0.3 is 6.18 Å². The van der Waals surface area contributed by atoms with Crippen LogP contribution in [0, 0.1) is 5.41 Å². The number of benzene rings is 1. The Morgan fingerprint density at radius 1 is 1.12 bits per heavy atom. The van der Waals surface area contributed by atoms with Gasteiger partial charge in [-0.1, -0.05) is 24.6 Å². The summed E-state index contributed by atoms with van der Waals surface area (Å²) >= 11 is 6.51. The highest BCUT2D eigenvalue weighted by atomic mass is 35.5. The molecule has 3 aromatic heterocycles.